The molecule has 0 aliphatic heterocycles. The minimum atomic E-state index is 0.167. The van der Waals surface area contributed by atoms with E-state index in [9.17, 15) is 0 Å². The molecule has 0 aliphatic carbocycles. The van der Waals surface area contributed by atoms with Crippen LogP contribution in [-0.2, 0) is 0 Å². The molecule has 0 fully saturated rings. The molecule has 0 aromatic heterocycles. The maximum Gasteiger partial charge on any atom is 0.118 e. The molecule has 6 N–H and O–H groups in total. The average Bonchev–Trinajstić information content (AvgIpc) is 2.29. The fourth-order valence-corrected chi connectivity index (χ4v) is 0.876. The Bertz CT molecular complexity index is 341. The average molecular weight is 251 g/mol. The van der Waals surface area contributed by atoms with Gasteiger partial charge in [0.15, 0.2) is 0 Å². The first-order valence-corrected chi connectivity index (χ1v) is 5.58. The number of nitrogens with two attached hydrogens (primary N) is 3. The van der Waals surface area contributed by atoms with Crippen LogP contribution in [0.25, 0.3) is 5.57 Å². The number of hydrogen-bond donors (Lipinski definition) is 3. The lowest BCUT2D eigenvalue weighted by Gasteiger charge is -2.01. The Kier molecular flexibility index (Phi) is 11.8. The number of hydrogen-bond acceptors (Lipinski definition) is 4. The van der Waals surface area contributed by atoms with Crippen LogP contribution in [0.1, 0.15) is 19.4 Å². The standard InChI is InChI=1S/C10H12O.C2H6N2.C2H7N/c1-8(2)9-4-6-10(11-3)7-5-9;1-2(3)4;1-2-3/h4-7H,1H2,2-3H3;1,3-4H2;2-3H2,1H3. The van der Waals surface area contributed by atoms with Crippen molar-refractivity contribution >= 4 is 5.57 Å². The normalized spacial score (nSPS) is 8.00. The zero-order valence-corrected chi connectivity index (χ0v) is 11.6. The van der Waals surface area contributed by atoms with E-state index in [0.717, 1.165) is 23.4 Å². The van der Waals surface area contributed by atoms with Crippen molar-refractivity contribution in [2.75, 3.05) is 13.7 Å². The molecule has 4 heteroatoms. The Morgan fingerprint density at radius 2 is 1.50 bits per heavy atom. The smallest absolute Gasteiger partial charge is 0.118 e. The van der Waals surface area contributed by atoms with E-state index >= 15 is 0 Å². The molecular formula is C14H25N3O. The topological polar surface area (TPSA) is 87.3 Å². The number of methoxy groups -OCH3 is 1. The molecule has 0 atom stereocenters. The first-order chi connectivity index (χ1) is 8.38. The van der Waals surface area contributed by atoms with Gasteiger partial charge < -0.3 is 21.9 Å². The summed E-state index contributed by atoms with van der Waals surface area (Å²) in [6.07, 6.45) is 0. The fraction of sp³-hybridized carbons (Fsp3) is 0.286. The van der Waals surface area contributed by atoms with E-state index in [0.29, 0.717) is 0 Å². The Morgan fingerprint density at radius 1 is 1.17 bits per heavy atom. The molecule has 0 amide bonds. The van der Waals surface area contributed by atoms with Gasteiger partial charge in [0.1, 0.15) is 5.75 Å². The maximum absolute atomic E-state index is 5.02. The highest BCUT2D eigenvalue weighted by molar-refractivity contribution is 5.61. The summed E-state index contributed by atoms with van der Waals surface area (Å²) in [5, 5.41) is 0. The van der Waals surface area contributed by atoms with Crippen LogP contribution in [-0.4, -0.2) is 13.7 Å². The zero-order valence-electron chi connectivity index (χ0n) is 11.6. The number of ether oxygens (including phenoxy) is 1. The van der Waals surface area contributed by atoms with Gasteiger partial charge in [0.2, 0.25) is 0 Å². The van der Waals surface area contributed by atoms with Crippen molar-refractivity contribution in [2.24, 2.45) is 17.2 Å². The van der Waals surface area contributed by atoms with Crippen LogP contribution in [0.2, 0.25) is 0 Å². The van der Waals surface area contributed by atoms with E-state index in [1.807, 2.05) is 38.1 Å². The summed E-state index contributed by atoms with van der Waals surface area (Å²) < 4.78 is 5.02. The predicted octanol–water partition coefficient (Wildman–Crippen LogP) is 2.07. The highest BCUT2D eigenvalue weighted by atomic mass is 16.5. The number of rotatable bonds is 2. The minimum absolute atomic E-state index is 0.167. The molecule has 0 spiro atoms. The largest absolute Gasteiger partial charge is 0.497 e. The van der Waals surface area contributed by atoms with Crippen LogP contribution in [0.15, 0.2) is 43.2 Å². The van der Waals surface area contributed by atoms with Gasteiger partial charge >= 0.3 is 0 Å². The molecule has 1 aromatic carbocycles. The highest BCUT2D eigenvalue weighted by Gasteiger charge is 1.92. The molecule has 0 saturated carbocycles. The van der Waals surface area contributed by atoms with E-state index in [1.165, 1.54) is 0 Å². The van der Waals surface area contributed by atoms with Gasteiger partial charge in [0.05, 0.1) is 12.9 Å². The molecule has 0 heterocycles. The van der Waals surface area contributed by atoms with Crippen molar-refractivity contribution in [1.82, 2.24) is 0 Å². The molecular weight excluding hydrogens is 226 g/mol. The molecule has 0 saturated heterocycles. The van der Waals surface area contributed by atoms with E-state index in [1.54, 1.807) is 7.11 Å². The van der Waals surface area contributed by atoms with E-state index < -0.39 is 0 Å². The van der Waals surface area contributed by atoms with Crippen molar-refractivity contribution in [3.63, 3.8) is 0 Å². The third-order valence-corrected chi connectivity index (χ3v) is 1.58. The van der Waals surface area contributed by atoms with E-state index in [2.05, 4.69) is 13.2 Å². The summed E-state index contributed by atoms with van der Waals surface area (Å²) in [6, 6.07) is 7.87. The number of benzene rings is 1. The lowest BCUT2D eigenvalue weighted by atomic mass is 10.1. The summed E-state index contributed by atoms with van der Waals surface area (Å²) in [6.45, 7) is 11.6. The van der Waals surface area contributed by atoms with Crippen LogP contribution in [0.4, 0.5) is 0 Å². The van der Waals surface area contributed by atoms with Crippen molar-refractivity contribution in [3.05, 3.63) is 48.8 Å². The van der Waals surface area contributed by atoms with Crippen molar-refractivity contribution < 1.29 is 4.74 Å². The summed E-state index contributed by atoms with van der Waals surface area (Å²) in [7, 11) is 1.66. The van der Waals surface area contributed by atoms with E-state index in [4.69, 9.17) is 21.9 Å². The first kappa shape index (κ1) is 18.4. The second kappa shape index (κ2) is 11.5. The van der Waals surface area contributed by atoms with Crippen LogP contribution < -0.4 is 21.9 Å². The highest BCUT2D eigenvalue weighted by Crippen LogP contribution is 2.16. The second-order valence-corrected chi connectivity index (χ2v) is 3.49. The van der Waals surface area contributed by atoms with Crippen molar-refractivity contribution in [1.29, 1.82) is 0 Å². The van der Waals surface area contributed by atoms with Gasteiger partial charge in [0.25, 0.3) is 0 Å². The Labute approximate surface area is 110 Å². The summed E-state index contributed by atoms with van der Waals surface area (Å²) in [5.41, 5.74) is 16.5. The molecule has 1 aromatic rings. The molecule has 102 valence electrons. The van der Waals surface area contributed by atoms with E-state index in [-0.39, 0.29) is 5.82 Å². The quantitative estimate of drug-likeness (QED) is 0.751. The lowest BCUT2D eigenvalue weighted by Crippen LogP contribution is -2.04. The molecule has 4 nitrogen and oxygen atoms in total. The molecule has 0 radical (unpaired) electrons. The first-order valence-electron chi connectivity index (χ1n) is 5.58. The van der Waals surface area contributed by atoms with Crippen LogP contribution in [0.3, 0.4) is 0 Å². The predicted molar refractivity (Wildman–Crippen MR) is 79.9 cm³/mol. The van der Waals surface area contributed by atoms with Gasteiger partial charge in [-0.15, -0.1) is 0 Å². The van der Waals surface area contributed by atoms with Gasteiger partial charge in [-0.1, -0.05) is 37.8 Å². The maximum atomic E-state index is 5.02. The molecule has 0 bridgehead atoms. The molecule has 0 unspecified atom stereocenters. The summed E-state index contributed by atoms with van der Waals surface area (Å²) in [5.74, 6) is 1.05. The fourth-order valence-electron chi connectivity index (χ4n) is 0.876. The minimum Gasteiger partial charge on any atom is -0.497 e. The van der Waals surface area contributed by atoms with Gasteiger partial charge in [-0.05, 0) is 31.2 Å². The van der Waals surface area contributed by atoms with Crippen LogP contribution in [0.5, 0.6) is 5.75 Å². The Hall–Kier alpha value is -1.94. The van der Waals surface area contributed by atoms with Gasteiger partial charge in [-0.25, -0.2) is 0 Å². The third-order valence-electron chi connectivity index (χ3n) is 1.58. The Morgan fingerprint density at radius 3 is 1.72 bits per heavy atom. The van der Waals surface area contributed by atoms with Crippen molar-refractivity contribution in [3.8, 4) is 5.75 Å². The van der Waals surface area contributed by atoms with Crippen LogP contribution >= 0.6 is 0 Å². The van der Waals surface area contributed by atoms with Crippen LogP contribution in [0, 0.1) is 0 Å². The summed E-state index contributed by atoms with van der Waals surface area (Å²) in [4.78, 5) is 0. The molecule has 18 heavy (non-hydrogen) atoms. The molecule has 0 aliphatic rings. The monoisotopic (exact) mass is 251 g/mol. The lowest BCUT2D eigenvalue weighted by molar-refractivity contribution is 0.415. The number of allylic oxidation sites excluding steroid dienone is 1. The SMILES string of the molecule is C=C(C)c1ccc(OC)cc1.C=C(N)N.CCN. The van der Waals surface area contributed by atoms with Gasteiger partial charge in [-0.2, -0.15) is 0 Å². The molecule has 1 rings (SSSR count). The third kappa shape index (κ3) is 12.1. The summed E-state index contributed by atoms with van der Waals surface area (Å²) >= 11 is 0. The Balaban J connectivity index is 0. The van der Waals surface area contributed by atoms with Gasteiger partial charge in [0, 0.05) is 0 Å². The second-order valence-electron chi connectivity index (χ2n) is 3.49. The van der Waals surface area contributed by atoms with Crippen molar-refractivity contribution in [2.45, 2.75) is 13.8 Å². The zero-order chi connectivity index (χ0) is 14.6. The van der Waals surface area contributed by atoms with Gasteiger partial charge in [-0.3, -0.25) is 0 Å².